The minimum atomic E-state index is -4.22. The molecule has 0 saturated heterocycles. The monoisotopic (exact) mass is 266 g/mol. The molecule has 0 heterocycles. The molecule has 4 N–H and O–H groups in total. The van der Waals surface area contributed by atoms with E-state index >= 15 is 0 Å². The Morgan fingerprint density at radius 3 is 2.23 bits per heavy atom. The van der Waals surface area contributed by atoms with Crippen molar-refractivity contribution in [2.75, 3.05) is 5.43 Å². The molecule has 0 saturated carbocycles. The van der Waals surface area contributed by atoms with Crippen molar-refractivity contribution in [1.82, 2.24) is 5.20 Å². The zero-order valence-corrected chi connectivity index (χ0v) is 8.92. The standard InChI is InChI=1S/C6H8BrN2O3P/c7-5-1-3-6(4-2-5)8-9-13(10,11)12/h1-4,8H,(H3,9,10,11,12). The summed E-state index contributed by atoms with van der Waals surface area (Å²) in [6.45, 7) is 0. The Labute approximate surface area is 83.5 Å². The predicted octanol–water partition coefficient (Wildman–Crippen LogP) is 1.46. The second-order valence-electron chi connectivity index (χ2n) is 2.29. The topological polar surface area (TPSA) is 81.6 Å². The SMILES string of the molecule is O=P(O)(O)NNc1ccc(Br)cc1. The van der Waals surface area contributed by atoms with E-state index in [2.05, 4.69) is 21.4 Å². The normalized spacial score (nSPS) is 11.3. The summed E-state index contributed by atoms with van der Waals surface area (Å²) in [5.74, 6) is 0. The van der Waals surface area contributed by atoms with Gasteiger partial charge in [-0.1, -0.05) is 15.9 Å². The molecule has 0 unspecified atom stereocenters. The number of nitrogens with one attached hydrogen (secondary N) is 2. The van der Waals surface area contributed by atoms with Gasteiger partial charge in [0.1, 0.15) is 0 Å². The minimum Gasteiger partial charge on any atom is -0.312 e. The molecule has 1 rings (SSSR count). The first-order chi connectivity index (χ1) is 5.97. The van der Waals surface area contributed by atoms with Crippen LogP contribution in [0.5, 0.6) is 0 Å². The fraction of sp³-hybridized carbons (Fsp3) is 0. The van der Waals surface area contributed by atoms with Crippen molar-refractivity contribution in [1.29, 1.82) is 0 Å². The third kappa shape index (κ3) is 4.40. The number of rotatable bonds is 3. The first-order valence-corrected chi connectivity index (χ1v) is 5.72. The lowest BCUT2D eigenvalue weighted by molar-refractivity contribution is 0.362. The van der Waals surface area contributed by atoms with Crippen LogP contribution in [0.1, 0.15) is 0 Å². The summed E-state index contributed by atoms with van der Waals surface area (Å²) in [6.07, 6.45) is 0. The van der Waals surface area contributed by atoms with Gasteiger partial charge in [0.2, 0.25) is 0 Å². The number of benzene rings is 1. The molecule has 13 heavy (non-hydrogen) atoms. The molecule has 0 spiro atoms. The van der Waals surface area contributed by atoms with Crippen LogP contribution in [-0.2, 0) is 4.57 Å². The second kappa shape index (κ2) is 4.21. The highest BCUT2D eigenvalue weighted by atomic mass is 79.9. The Balaban J connectivity index is 2.56. The van der Waals surface area contributed by atoms with Gasteiger partial charge < -0.3 is 15.2 Å². The molecule has 0 amide bonds. The number of hydrogen-bond acceptors (Lipinski definition) is 2. The zero-order valence-electron chi connectivity index (χ0n) is 6.44. The van der Waals surface area contributed by atoms with Crippen LogP contribution in [-0.4, -0.2) is 9.79 Å². The molecule has 0 aromatic heterocycles. The van der Waals surface area contributed by atoms with E-state index in [-0.39, 0.29) is 0 Å². The molecule has 0 atom stereocenters. The first-order valence-electron chi connectivity index (χ1n) is 3.32. The van der Waals surface area contributed by atoms with Gasteiger partial charge in [0.05, 0.1) is 0 Å². The molecule has 0 fully saturated rings. The van der Waals surface area contributed by atoms with Crippen LogP contribution in [0, 0.1) is 0 Å². The summed E-state index contributed by atoms with van der Waals surface area (Å²) in [5, 5.41) is 1.86. The zero-order chi connectivity index (χ0) is 9.90. The summed E-state index contributed by atoms with van der Waals surface area (Å²) in [6, 6.07) is 6.85. The molecule has 0 aliphatic rings. The molecule has 1 aromatic rings. The van der Waals surface area contributed by atoms with Crippen molar-refractivity contribution in [3.05, 3.63) is 28.7 Å². The second-order valence-corrected chi connectivity index (χ2v) is 4.52. The van der Waals surface area contributed by atoms with E-state index < -0.39 is 7.75 Å². The number of halogens is 1. The number of anilines is 1. The largest absolute Gasteiger partial charge is 0.417 e. The highest BCUT2D eigenvalue weighted by Gasteiger charge is 2.10. The van der Waals surface area contributed by atoms with Gasteiger partial charge in [0.15, 0.2) is 0 Å². The lowest BCUT2D eigenvalue weighted by atomic mass is 10.3. The Morgan fingerprint density at radius 1 is 1.23 bits per heavy atom. The van der Waals surface area contributed by atoms with Crippen LogP contribution >= 0.6 is 23.7 Å². The maximum absolute atomic E-state index is 10.4. The van der Waals surface area contributed by atoms with E-state index in [1.165, 1.54) is 0 Å². The average Bonchev–Trinajstić information content (AvgIpc) is 2.02. The van der Waals surface area contributed by atoms with Gasteiger partial charge in [-0.2, -0.15) is 0 Å². The fourth-order valence-electron chi connectivity index (χ4n) is 0.671. The average molecular weight is 267 g/mol. The van der Waals surface area contributed by atoms with E-state index in [9.17, 15) is 4.57 Å². The molecule has 0 radical (unpaired) electrons. The summed E-state index contributed by atoms with van der Waals surface area (Å²) in [7, 11) is -4.22. The molecule has 0 aliphatic heterocycles. The highest BCUT2D eigenvalue weighted by molar-refractivity contribution is 9.10. The maximum atomic E-state index is 10.4. The fourth-order valence-corrected chi connectivity index (χ4v) is 1.21. The van der Waals surface area contributed by atoms with E-state index in [1.54, 1.807) is 24.3 Å². The van der Waals surface area contributed by atoms with Gasteiger partial charge in [0, 0.05) is 10.2 Å². The summed E-state index contributed by atoms with van der Waals surface area (Å²) in [5.41, 5.74) is 2.95. The Kier molecular flexibility index (Phi) is 3.47. The summed E-state index contributed by atoms with van der Waals surface area (Å²) in [4.78, 5) is 16.9. The molecule has 5 nitrogen and oxygen atoms in total. The highest BCUT2D eigenvalue weighted by Crippen LogP contribution is 2.27. The Hall–Kier alpha value is -0.390. The van der Waals surface area contributed by atoms with Crippen molar-refractivity contribution in [2.24, 2.45) is 0 Å². The molecule has 0 aliphatic carbocycles. The van der Waals surface area contributed by atoms with Gasteiger partial charge in [-0.15, -0.1) is 5.20 Å². The van der Waals surface area contributed by atoms with Crippen LogP contribution in [0.15, 0.2) is 28.7 Å². The van der Waals surface area contributed by atoms with Gasteiger partial charge in [-0.05, 0) is 24.3 Å². The van der Waals surface area contributed by atoms with Crippen LogP contribution in [0.3, 0.4) is 0 Å². The Morgan fingerprint density at radius 2 is 1.77 bits per heavy atom. The van der Waals surface area contributed by atoms with E-state index in [4.69, 9.17) is 9.79 Å². The molecule has 7 heteroatoms. The minimum absolute atomic E-state index is 0.575. The third-order valence-electron chi connectivity index (χ3n) is 1.19. The quantitative estimate of drug-likeness (QED) is 0.492. The molecular weight excluding hydrogens is 259 g/mol. The summed E-state index contributed by atoms with van der Waals surface area (Å²) < 4.78 is 11.3. The first kappa shape index (κ1) is 10.7. The predicted molar refractivity (Wildman–Crippen MR) is 52.9 cm³/mol. The van der Waals surface area contributed by atoms with Crippen LogP contribution < -0.4 is 10.6 Å². The van der Waals surface area contributed by atoms with Crippen molar-refractivity contribution in [3.63, 3.8) is 0 Å². The smallest absolute Gasteiger partial charge is 0.312 e. The Bertz CT molecular complexity index is 323. The van der Waals surface area contributed by atoms with Crippen molar-refractivity contribution in [2.45, 2.75) is 0 Å². The molecule has 1 aromatic carbocycles. The molecule has 72 valence electrons. The van der Waals surface area contributed by atoms with Gasteiger partial charge in [-0.25, -0.2) is 4.57 Å². The van der Waals surface area contributed by atoms with Crippen molar-refractivity contribution >= 4 is 29.4 Å². The van der Waals surface area contributed by atoms with Crippen LogP contribution in [0.4, 0.5) is 5.69 Å². The molecule has 0 bridgehead atoms. The van der Waals surface area contributed by atoms with Gasteiger partial charge >= 0.3 is 7.75 Å². The van der Waals surface area contributed by atoms with E-state index in [0.29, 0.717) is 5.69 Å². The number of hydrazine groups is 1. The van der Waals surface area contributed by atoms with Crippen molar-refractivity contribution < 1.29 is 14.4 Å². The third-order valence-corrected chi connectivity index (χ3v) is 2.12. The van der Waals surface area contributed by atoms with Gasteiger partial charge in [0.25, 0.3) is 0 Å². The van der Waals surface area contributed by atoms with Gasteiger partial charge in [-0.3, -0.25) is 0 Å². The lowest BCUT2D eigenvalue weighted by Gasteiger charge is -2.08. The number of hydrogen-bond donors (Lipinski definition) is 4. The lowest BCUT2D eigenvalue weighted by Crippen LogP contribution is -2.17. The van der Waals surface area contributed by atoms with E-state index in [1.807, 2.05) is 5.20 Å². The van der Waals surface area contributed by atoms with Crippen molar-refractivity contribution in [3.8, 4) is 0 Å². The van der Waals surface area contributed by atoms with Crippen LogP contribution in [0.2, 0.25) is 0 Å². The summed E-state index contributed by atoms with van der Waals surface area (Å²) >= 11 is 3.23. The maximum Gasteiger partial charge on any atom is 0.417 e. The van der Waals surface area contributed by atoms with Crippen LogP contribution in [0.25, 0.3) is 0 Å². The molecular formula is C6H8BrN2O3P. The van der Waals surface area contributed by atoms with E-state index in [0.717, 1.165) is 4.47 Å².